The Labute approximate surface area is 151 Å². The highest BCUT2D eigenvalue weighted by atomic mass is 127. The predicted molar refractivity (Wildman–Crippen MR) is 98.7 cm³/mol. The van der Waals surface area contributed by atoms with Gasteiger partial charge in [0.15, 0.2) is 5.96 Å². The first kappa shape index (κ1) is 19.3. The van der Waals surface area contributed by atoms with Crippen molar-refractivity contribution in [3.63, 3.8) is 0 Å². The average Bonchev–Trinajstić information content (AvgIpc) is 2.53. The summed E-state index contributed by atoms with van der Waals surface area (Å²) in [5.41, 5.74) is 5.89. The number of halogens is 2. The molecule has 1 unspecified atom stereocenters. The summed E-state index contributed by atoms with van der Waals surface area (Å²) in [6, 6.07) is 5.66. The molecule has 0 spiro atoms. The van der Waals surface area contributed by atoms with Gasteiger partial charge in [0.1, 0.15) is 24.3 Å². The van der Waals surface area contributed by atoms with Gasteiger partial charge >= 0.3 is 0 Å². The lowest BCUT2D eigenvalue weighted by Gasteiger charge is -2.27. The molecule has 1 fully saturated rings. The van der Waals surface area contributed by atoms with Gasteiger partial charge in [-0.2, -0.15) is 11.8 Å². The van der Waals surface area contributed by atoms with E-state index in [4.69, 9.17) is 10.5 Å². The molecule has 1 aliphatic heterocycles. The summed E-state index contributed by atoms with van der Waals surface area (Å²) in [6.45, 7) is 2.07. The van der Waals surface area contributed by atoms with Crippen LogP contribution in [0.2, 0.25) is 0 Å². The number of thioether (sulfide) groups is 1. The Morgan fingerprint density at radius 1 is 1.36 bits per heavy atom. The third kappa shape index (κ3) is 6.57. The van der Waals surface area contributed by atoms with E-state index in [1.807, 2.05) is 16.7 Å². The Kier molecular flexibility index (Phi) is 8.88. The molecule has 0 aromatic heterocycles. The third-order valence-electron chi connectivity index (χ3n) is 3.06. The SMILES string of the molecule is I.NC(=NCC(O)COc1ccc(F)cc1)N1CCSCC1. The van der Waals surface area contributed by atoms with Gasteiger partial charge in [-0.15, -0.1) is 24.0 Å². The zero-order valence-electron chi connectivity index (χ0n) is 12.2. The molecule has 1 aromatic carbocycles. The number of aliphatic hydroxyl groups excluding tert-OH is 1. The molecular weight excluding hydrogens is 420 g/mol. The number of hydrogen-bond acceptors (Lipinski definition) is 4. The van der Waals surface area contributed by atoms with Crippen molar-refractivity contribution >= 4 is 41.7 Å². The molecule has 124 valence electrons. The number of aliphatic hydroxyl groups is 1. The van der Waals surface area contributed by atoms with Crippen LogP contribution in [0.25, 0.3) is 0 Å². The molecule has 0 saturated carbocycles. The number of nitrogens with zero attached hydrogens (tertiary/aromatic N) is 2. The molecule has 5 nitrogen and oxygen atoms in total. The predicted octanol–water partition coefficient (Wildman–Crippen LogP) is 1.55. The average molecular weight is 441 g/mol. The minimum Gasteiger partial charge on any atom is -0.491 e. The summed E-state index contributed by atoms with van der Waals surface area (Å²) in [7, 11) is 0. The van der Waals surface area contributed by atoms with Gasteiger partial charge in [0.2, 0.25) is 0 Å². The zero-order chi connectivity index (χ0) is 15.1. The first-order valence-corrected chi connectivity index (χ1v) is 7.99. The minimum atomic E-state index is -0.743. The highest BCUT2D eigenvalue weighted by Crippen LogP contribution is 2.11. The highest BCUT2D eigenvalue weighted by Gasteiger charge is 2.13. The molecule has 3 N–H and O–H groups in total. The van der Waals surface area contributed by atoms with Crippen molar-refractivity contribution < 1.29 is 14.2 Å². The largest absolute Gasteiger partial charge is 0.491 e. The molecule has 0 radical (unpaired) electrons. The van der Waals surface area contributed by atoms with Crippen LogP contribution in [0.1, 0.15) is 0 Å². The standard InChI is InChI=1S/C14H20FN3O2S.HI/c15-11-1-3-13(4-2-11)20-10-12(19)9-17-14(16)18-5-7-21-8-6-18;/h1-4,12,19H,5-10H2,(H2,16,17);1H. The van der Waals surface area contributed by atoms with Crippen LogP contribution in [-0.4, -0.2) is 59.8 Å². The first-order valence-electron chi connectivity index (χ1n) is 6.84. The minimum absolute atomic E-state index is 0. The maximum Gasteiger partial charge on any atom is 0.191 e. The molecule has 1 atom stereocenters. The van der Waals surface area contributed by atoms with Crippen LogP contribution in [0, 0.1) is 5.82 Å². The van der Waals surface area contributed by atoms with Gasteiger partial charge in [-0.25, -0.2) is 4.39 Å². The molecule has 1 aromatic rings. The van der Waals surface area contributed by atoms with Gasteiger partial charge in [-0.3, -0.25) is 4.99 Å². The van der Waals surface area contributed by atoms with Crippen molar-refractivity contribution in [3.8, 4) is 5.75 Å². The molecule has 8 heteroatoms. The number of hydrogen-bond donors (Lipinski definition) is 2. The quantitative estimate of drug-likeness (QED) is 0.412. The molecule has 1 aliphatic rings. The second-order valence-electron chi connectivity index (χ2n) is 4.72. The van der Waals surface area contributed by atoms with E-state index in [0.717, 1.165) is 24.6 Å². The monoisotopic (exact) mass is 441 g/mol. The van der Waals surface area contributed by atoms with Crippen LogP contribution < -0.4 is 10.5 Å². The van der Waals surface area contributed by atoms with E-state index in [-0.39, 0.29) is 42.9 Å². The van der Waals surface area contributed by atoms with Gasteiger partial charge in [0, 0.05) is 24.6 Å². The molecule has 0 aliphatic carbocycles. The van der Waals surface area contributed by atoms with Crippen molar-refractivity contribution in [1.29, 1.82) is 0 Å². The van der Waals surface area contributed by atoms with Gasteiger partial charge in [0.25, 0.3) is 0 Å². The normalized spacial score (nSPS) is 16.8. The summed E-state index contributed by atoms with van der Waals surface area (Å²) in [5.74, 6) is 2.76. The van der Waals surface area contributed by atoms with Gasteiger partial charge in [-0.05, 0) is 24.3 Å². The Hall–Kier alpha value is -0.740. The fourth-order valence-corrected chi connectivity index (χ4v) is 2.77. The second kappa shape index (κ2) is 10.1. The Bertz CT molecular complexity index is 470. The lowest BCUT2D eigenvalue weighted by molar-refractivity contribution is 0.114. The number of benzene rings is 1. The van der Waals surface area contributed by atoms with E-state index in [2.05, 4.69) is 4.99 Å². The van der Waals surface area contributed by atoms with Crippen molar-refractivity contribution in [2.45, 2.75) is 6.10 Å². The van der Waals surface area contributed by atoms with Gasteiger partial charge in [-0.1, -0.05) is 0 Å². The highest BCUT2D eigenvalue weighted by molar-refractivity contribution is 14.0. The molecule has 0 amide bonds. The van der Waals surface area contributed by atoms with Crippen LogP contribution in [0.5, 0.6) is 5.75 Å². The van der Waals surface area contributed by atoms with Crippen molar-refractivity contribution in [3.05, 3.63) is 30.1 Å². The fourth-order valence-electron chi connectivity index (χ4n) is 1.87. The summed E-state index contributed by atoms with van der Waals surface area (Å²) in [5, 5.41) is 9.83. The van der Waals surface area contributed by atoms with Crippen LogP contribution in [-0.2, 0) is 0 Å². The van der Waals surface area contributed by atoms with Crippen LogP contribution in [0.4, 0.5) is 4.39 Å². The van der Waals surface area contributed by atoms with Crippen LogP contribution in [0.15, 0.2) is 29.3 Å². The number of nitrogens with two attached hydrogens (primary N) is 1. The lowest BCUT2D eigenvalue weighted by Crippen LogP contribution is -2.43. The van der Waals surface area contributed by atoms with Crippen molar-refractivity contribution in [2.75, 3.05) is 37.7 Å². The Balaban J connectivity index is 0.00000242. The molecular formula is C14H21FIN3O2S. The third-order valence-corrected chi connectivity index (χ3v) is 4.00. The topological polar surface area (TPSA) is 71.1 Å². The zero-order valence-corrected chi connectivity index (χ0v) is 15.3. The van der Waals surface area contributed by atoms with E-state index in [1.54, 1.807) is 0 Å². The maximum atomic E-state index is 12.7. The van der Waals surface area contributed by atoms with Crippen molar-refractivity contribution in [1.82, 2.24) is 4.90 Å². The van der Waals surface area contributed by atoms with Crippen molar-refractivity contribution in [2.24, 2.45) is 10.7 Å². The Morgan fingerprint density at radius 2 is 2.00 bits per heavy atom. The van der Waals surface area contributed by atoms with E-state index in [0.29, 0.717) is 11.7 Å². The van der Waals surface area contributed by atoms with E-state index in [9.17, 15) is 9.50 Å². The van der Waals surface area contributed by atoms with E-state index >= 15 is 0 Å². The number of guanidine groups is 1. The van der Waals surface area contributed by atoms with E-state index < -0.39 is 6.10 Å². The number of ether oxygens (including phenoxy) is 1. The first-order chi connectivity index (χ1) is 10.1. The smallest absolute Gasteiger partial charge is 0.191 e. The summed E-state index contributed by atoms with van der Waals surface area (Å²) in [4.78, 5) is 6.21. The Morgan fingerprint density at radius 3 is 2.64 bits per heavy atom. The van der Waals surface area contributed by atoms with Crippen LogP contribution >= 0.6 is 35.7 Å². The fraction of sp³-hybridized carbons (Fsp3) is 0.500. The molecule has 0 bridgehead atoms. The molecule has 2 rings (SSSR count). The maximum absolute atomic E-state index is 12.7. The number of rotatable bonds is 5. The second-order valence-corrected chi connectivity index (χ2v) is 5.94. The molecule has 22 heavy (non-hydrogen) atoms. The van der Waals surface area contributed by atoms with Gasteiger partial charge < -0.3 is 20.5 Å². The summed E-state index contributed by atoms with van der Waals surface area (Å²) in [6.07, 6.45) is -0.743. The van der Waals surface area contributed by atoms with Gasteiger partial charge in [0.05, 0.1) is 6.54 Å². The molecule has 1 saturated heterocycles. The summed E-state index contributed by atoms with van der Waals surface area (Å²) >= 11 is 1.90. The lowest BCUT2D eigenvalue weighted by atomic mass is 10.3. The number of aliphatic imine (C=N–C) groups is 1. The van der Waals surface area contributed by atoms with E-state index in [1.165, 1.54) is 24.3 Å². The van der Waals surface area contributed by atoms with Crippen LogP contribution in [0.3, 0.4) is 0 Å². The summed E-state index contributed by atoms with van der Waals surface area (Å²) < 4.78 is 18.1. The molecule has 1 heterocycles.